The molecule has 3 aromatic rings. The number of benzene rings is 3. The molecule has 3 aromatic carbocycles. The van der Waals surface area contributed by atoms with E-state index in [0.717, 1.165) is 41.8 Å². The predicted molar refractivity (Wildman–Crippen MR) is 118 cm³/mol. The molecule has 5 heteroatoms. The van der Waals surface area contributed by atoms with Crippen LogP contribution in [0.25, 0.3) is 10.8 Å². The third kappa shape index (κ3) is 4.85. The van der Waals surface area contributed by atoms with Crippen LogP contribution in [0.4, 0.5) is 5.69 Å². The number of hydrogen-bond acceptors (Lipinski definition) is 4. The van der Waals surface area contributed by atoms with Gasteiger partial charge in [0.15, 0.2) is 0 Å². The number of fused-ring (bicyclic) bond motifs is 1. The van der Waals surface area contributed by atoms with Gasteiger partial charge in [0, 0.05) is 42.9 Å². The van der Waals surface area contributed by atoms with Crippen molar-refractivity contribution in [2.24, 2.45) is 0 Å². The molecule has 1 atom stereocenters. The van der Waals surface area contributed by atoms with Crippen molar-refractivity contribution < 1.29 is 9.84 Å². The topological polar surface area (TPSA) is 35.9 Å². The molecule has 1 aliphatic rings. The molecule has 0 spiro atoms. The van der Waals surface area contributed by atoms with Gasteiger partial charge in [0.1, 0.15) is 18.5 Å². The Morgan fingerprint density at radius 1 is 0.893 bits per heavy atom. The fraction of sp³-hybridized carbons (Fsp3) is 0.304. The number of piperazine rings is 1. The van der Waals surface area contributed by atoms with Gasteiger partial charge in [0.05, 0.1) is 0 Å². The highest BCUT2D eigenvalue weighted by molar-refractivity contribution is 9.10. The lowest BCUT2D eigenvalue weighted by Crippen LogP contribution is -2.49. The number of halogens is 1. The zero-order valence-corrected chi connectivity index (χ0v) is 17.4. The minimum absolute atomic E-state index is 0.306. The van der Waals surface area contributed by atoms with E-state index in [9.17, 15) is 5.11 Å². The molecule has 1 saturated heterocycles. The van der Waals surface area contributed by atoms with Crippen LogP contribution in [0.3, 0.4) is 0 Å². The first-order chi connectivity index (χ1) is 13.7. The summed E-state index contributed by atoms with van der Waals surface area (Å²) >= 11 is 3.49. The van der Waals surface area contributed by atoms with E-state index in [1.165, 1.54) is 11.1 Å². The molecule has 0 aromatic heterocycles. The van der Waals surface area contributed by atoms with E-state index >= 15 is 0 Å². The molecule has 1 fully saturated rings. The van der Waals surface area contributed by atoms with Crippen LogP contribution in [-0.2, 0) is 0 Å². The van der Waals surface area contributed by atoms with Crippen LogP contribution < -0.4 is 9.64 Å². The number of aliphatic hydroxyl groups is 1. The monoisotopic (exact) mass is 440 g/mol. The molecule has 1 heterocycles. The first-order valence-electron chi connectivity index (χ1n) is 9.70. The highest BCUT2D eigenvalue weighted by Crippen LogP contribution is 2.24. The fourth-order valence-electron chi connectivity index (χ4n) is 3.66. The van der Waals surface area contributed by atoms with Crippen LogP contribution in [0.1, 0.15) is 0 Å². The van der Waals surface area contributed by atoms with E-state index in [-0.39, 0.29) is 0 Å². The van der Waals surface area contributed by atoms with E-state index in [4.69, 9.17) is 4.74 Å². The van der Waals surface area contributed by atoms with Gasteiger partial charge in [-0.15, -0.1) is 0 Å². The van der Waals surface area contributed by atoms with E-state index in [1.807, 2.05) is 30.3 Å². The van der Waals surface area contributed by atoms with Crippen LogP contribution in [0.2, 0.25) is 0 Å². The zero-order chi connectivity index (χ0) is 19.3. The van der Waals surface area contributed by atoms with Gasteiger partial charge >= 0.3 is 0 Å². The van der Waals surface area contributed by atoms with Gasteiger partial charge in [-0.3, -0.25) is 4.90 Å². The SMILES string of the molecule is O[C@H](COc1ccc2cc(Br)ccc2c1)CN1CCN(c2ccccc2)CC1. The Morgan fingerprint density at radius 3 is 2.39 bits per heavy atom. The Morgan fingerprint density at radius 2 is 1.61 bits per heavy atom. The van der Waals surface area contributed by atoms with Gasteiger partial charge in [-0.1, -0.05) is 46.3 Å². The van der Waals surface area contributed by atoms with Crippen LogP contribution in [-0.4, -0.2) is 55.4 Å². The zero-order valence-electron chi connectivity index (χ0n) is 15.8. The minimum Gasteiger partial charge on any atom is -0.491 e. The Kier molecular flexibility index (Phi) is 6.15. The van der Waals surface area contributed by atoms with E-state index < -0.39 is 6.10 Å². The van der Waals surface area contributed by atoms with Crippen molar-refractivity contribution in [2.45, 2.75) is 6.10 Å². The molecule has 1 aliphatic heterocycles. The summed E-state index contributed by atoms with van der Waals surface area (Å²) in [5.74, 6) is 0.794. The first kappa shape index (κ1) is 19.2. The van der Waals surface area contributed by atoms with Gasteiger partial charge < -0.3 is 14.7 Å². The molecule has 4 rings (SSSR count). The lowest BCUT2D eigenvalue weighted by atomic mass is 10.1. The summed E-state index contributed by atoms with van der Waals surface area (Å²) in [6.07, 6.45) is -0.496. The molecular weight excluding hydrogens is 416 g/mol. The van der Waals surface area contributed by atoms with Crippen molar-refractivity contribution in [2.75, 3.05) is 44.2 Å². The maximum absolute atomic E-state index is 10.4. The molecule has 0 amide bonds. The molecule has 0 radical (unpaired) electrons. The summed E-state index contributed by atoms with van der Waals surface area (Å²) in [7, 11) is 0. The lowest BCUT2D eigenvalue weighted by molar-refractivity contribution is 0.0663. The molecular formula is C23H25BrN2O2. The third-order valence-corrected chi connectivity index (χ3v) is 5.67. The number of aliphatic hydroxyl groups excluding tert-OH is 1. The highest BCUT2D eigenvalue weighted by atomic mass is 79.9. The number of β-amino-alcohol motifs (C(OH)–C–C–N with tert-alkyl or cyclic N) is 1. The Hall–Kier alpha value is -2.08. The molecule has 0 unspecified atom stereocenters. The lowest BCUT2D eigenvalue weighted by Gasteiger charge is -2.36. The molecule has 0 saturated carbocycles. The number of ether oxygens (including phenoxy) is 1. The Bertz CT molecular complexity index is 911. The van der Waals surface area contributed by atoms with Gasteiger partial charge in [-0.05, 0) is 47.2 Å². The average molecular weight is 441 g/mol. The minimum atomic E-state index is -0.496. The van der Waals surface area contributed by atoms with Crippen molar-refractivity contribution in [1.29, 1.82) is 0 Å². The van der Waals surface area contributed by atoms with Crippen LogP contribution in [0.15, 0.2) is 71.2 Å². The Balaban J connectivity index is 1.25. The smallest absolute Gasteiger partial charge is 0.120 e. The Labute approximate surface area is 174 Å². The van der Waals surface area contributed by atoms with E-state index in [2.05, 4.69) is 62.1 Å². The van der Waals surface area contributed by atoms with Crippen LogP contribution in [0.5, 0.6) is 5.75 Å². The summed E-state index contributed by atoms with van der Waals surface area (Å²) in [4.78, 5) is 4.71. The number of nitrogens with zero attached hydrogens (tertiary/aromatic N) is 2. The van der Waals surface area contributed by atoms with Crippen molar-refractivity contribution in [3.8, 4) is 5.75 Å². The van der Waals surface area contributed by atoms with Gasteiger partial charge in [0.25, 0.3) is 0 Å². The summed E-state index contributed by atoms with van der Waals surface area (Å²) < 4.78 is 6.91. The fourth-order valence-corrected chi connectivity index (χ4v) is 4.03. The molecule has 28 heavy (non-hydrogen) atoms. The van der Waals surface area contributed by atoms with Crippen molar-refractivity contribution in [1.82, 2.24) is 4.90 Å². The second kappa shape index (κ2) is 8.95. The molecule has 1 N–H and O–H groups in total. The summed E-state index contributed by atoms with van der Waals surface area (Å²) in [6.45, 7) is 4.83. The predicted octanol–water partition coefficient (Wildman–Crippen LogP) is 4.16. The van der Waals surface area contributed by atoms with E-state index in [0.29, 0.717) is 13.2 Å². The summed E-state index contributed by atoms with van der Waals surface area (Å²) in [6, 6.07) is 22.7. The number of rotatable bonds is 6. The molecule has 4 nitrogen and oxygen atoms in total. The van der Waals surface area contributed by atoms with Crippen LogP contribution in [0, 0.1) is 0 Å². The second-order valence-electron chi connectivity index (χ2n) is 7.24. The molecule has 0 aliphatic carbocycles. The van der Waals surface area contributed by atoms with E-state index in [1.54, 1.807) is 0 Å². The standard InChI is InChI=1S/C23H25BrN2O2/c24-20-8-6-19-15-23(9-7-18(19)14-20)28-17-22(27)16-25-10-12-26(13-11-25)21-4-2-1-3-5-21/h1-9,14-15,22,27H,10-13,16-17H2/t22-/m0/s1. The van der Waals surface area contributed by atoms with Gasteiger partial charge in [-0.25, -0.2) is 0 Å². The quantitative estimate of drug-likeness (QED) is 0.623. The normalized spacial score (nSPS) is 16.3. The molecule has 146 valence electrons. The third-order valence-electron chi connectivity index (χ3n) is 5.18. The van der Waals surface area contributed by atoms with Gasteiger partial charge in [0.2, 0.25) is 0 Å². The average Bonchev–Trinajstić information content (AvgIpc) is 2.73. The first-order valence-corrected chi connectivity index (χ1v) is 10.5. The van der Waals surface area contributed by atoms with Crippen molar-refractivity contribution in [3.05, 3.63) is 71.2 Å². The largest absolute Gasteiger partial charge is 0.491 e. The van der Waals surface area contributed by atoms with Crippen LogP contribution >= 0.6 is 15.9 Å². The van der Waals surface area contributed by atoms with Crippen molar-refractivity contribution in [3.63, 3.8) is 0 Å². The molecule has 0 bridgehead atoms. The number of anilines is 1. The number of hydrogen-bond donors (Lipinski definition) is 1. The van der Waals surface area contributed by atoms with Gasteiger partial charge in [-0.2, -0.15) is 0 Å². The highest BCUT2D eigenvalue weighted by Gasteiger charge is 2.19. The van der Waals surface area contributed by atoms with Crippen molar-refractivity contribution >= 4 is 32.4 Å². The second-order valence-corrected chi connectivity index (χ2v) is 8.16. The summed E-state index contributed by atoms with van der Waals surface area (Å²) in [5.41, 5.74) is 1.27. The number of para-hydroxylation sites is 1. The summed E-state index contributed by atoms with van der Waals surface area (Å²) in [5, 5.41) is 12.7. The maximum atomic E-state index is 10.4. The maximum Gasteiger partial charge on any atom is 0.120 e.